The Morgan fingerprint density at radius 1 is 0.480 bits per heavy atom. The maximum Gasteiger partial charge on any atom is -0.00130 e. The molecule has 1 aliphatic rings. The second-order valence-corrected chi connectivity index (χ2v) is 7.01. The van der Waals surface area contributed by atoms with Gasteiger partial charge in [-0.05, 0) is 73.1 Å². The van der Waals surface area contributed by atoms with Crippen LogP contribution in [0.2, 0.25) is 0 Å². The van der Waals surface area contributed by atoms with Gasteiger partial charge < -0.3 is 0 Å². The predicted octanol–water partition coefficient (Wildman–Crippen LogP) is 6.72. The molecule has 25 heavy (non-hydrogen) atoms. The molecule has 0 saturated carbocycles. The van der Waals surface area contributed by atoms with Crippen molar-refractivity contribution in [3.8, 4) is 11.1 Å². The van der Waals surface area contributed by atoms with E-state index >= 15 is 0 Å². The van der Waals surface area contributed by atoms with Crippen LogP contribution in [0.1, 0.15) is 11.1 Å². The van der Waals surface area contributed by atoms with E-state index in [-0.39, 0.29) is 0 Å². The van der Waals surface area contributed by atoms with Crippen LogP contribution in [0.3, 0.4) is 0 Å². The van der Waals surface area contributed by atoms with Crippen LogP contribution >= 0.6 is 0 Å². The van der Waals surface area contributed by atoms with Crippen molar-refractivity contribution in [1.82, 2.24) is 0 Å². The Morgan fingerprint density at radius 3 is 2.04 bits per heavy atom. The summed E-state index contributed by atoms with van der Waals surface area (Å²) in [6, 6.07) is 31.3. The third-order valence-corrected chi connectivity index (χ3v) is 5.63. The number of hydrogen-bond acceptors (Lipinski definition) is 0. The molecule has 0 bridgehead atoms. The molecule has 0 N–H and O–H groups in total. The van der Waals surface area contributed by atoms with Crippen LogP contribution < -0.4 is 0 Å². The molecule has 1 aliphatic carbocycles. The molecule has 6 rings (SSSR count). The zero-order valence-electron chi connectivity index (χ0n) is 13.8. The maximum absolute atomic E-state index is 2.42. The van der Waals surface area contributed by atoms with E-state index < -0.39 is 0 Å². The molecule has 0 aliphatic heterocycles. The second kappa shape index (κ2) is 4.70. The van der Waals surface area contributed by atoms with Crippen molar-refractivity contribution < 1.29 is 0 Å². The van der Waals surface area contributed by atoms with Crippen LogP contribution in [0.25, 0.3) is 43.4 Å². The molecule has 0 fully saturated rings. The zero-order valence-corrected chi connectivity index (χ0v) is 13.8. The van der Waals surface area contributed by atoms with Gasteiger partial charge in [-0.1, -0.05) is 72.8 Å². The molecule has 0 radical (unpaired) electrons. The van der Waals surface area contributed by atoms with Crippen LogP contribution in [-0.2, 0) is 6.42 Å². The molecule has 0 amide bonds. The lowest BCUT2D eigenvalue weighted by Crippen LogP contribution is -1.84. The predicted molar refractivity (Wildman–Crippen MR) is 107 cm³/mol. The van der Waals surface area contributed by atoms with Crippen LogP contribution in [0.15, 0.2) is 84.9 Å². The van der Waals surface area contributed by atoms with E-state index in [0.29, 0.717) is 0 Å². The Morgan fingerprint density at radius 2 is 1.16 bits per heavy atom. The highest BCUT2D eigenvalue weighted by Gasteiger charge is 2.21. The first-order valence-electron chi connectivity index (χ1n) is 8.84. The first-order valence-corrected chi connectivity index (χ1v) is 8.84. The van der Waals surface area contributed by atoms with Crippen LogP contribution in [0.5, 0.6) is 0 Å². The third kappa shape index (κ3) is 1.77. The molecule has 0 aromatic heterocycles. The smallest absolute Gasteiger partial charge is 0.00130 e. The lowest BCUT2D eigenvalue weighted by molar-refractivity contribution is 1.27. The fourth-order valence-electron chi connectivity index (χ4n) is 4.47. The SMILES string of the molecule is c1ccc2c3c(ccc2c1)Cc1cc2c(ccc4ccccc42)cc1-3. The summed E-state index contributed by atoms with van der Waals surface area (Å²) >= 11 is 0. The minimum Gasteiger partial charge on any atom is -0.0616 e. The van der Waals surface area contributed by atoms with Crippen LogP contribution in [0, 0.1) is 0 Å². The summed E-state index contributed by atoms with van der Waals surface area (Å²) in [4.78, 5) is 0. The van der Waals surface area contributed by atoms with Gasteiger partial charge in [-0.3, -0.25) is 0 Å². The van der Waals surface area contributed by atoms with Gasteiger partial charge in [-0.15, -0.1) is 0 Å². The van der Waals surface area contributed by atoms with Gasteiger partial charge in [0.05, 0.1) is 0 Å². The molecule has 5 aromatic rings. The molecule has 116 valence electrons. The van der Waals surface area contributed by atoms with E-state index in [9.17, 15) is 0 Å². The Labute approximate surface area is 146 Å². The molecule has 0 heteroatoms. The Balaban J connectivity index is 1.73. The summed E-state index contributed by atoms with van der Waals surface area (Å²) < 4.78 is 0. The van der Waals surface area contributed by atoms with Crippen molar-refractivity contribution >= 4 is 32.3 Å². The van der Waals surface area contributed by atoms with Crippen molar-refractivity contribution in [3.05, 3.63) is 96.1 Å². The summed E-state index contributed by atoms with van der Waals surface area (Å²) in [6.45, 7) is 0. The Bertz CT molecular complexity index is 1310. The molecule has 5 aromatic carbocycles. The average molecular weight is 316 g/mol. The van der Waals surface area contributed by atoms with E-state index in [2.05, 4.69) is 84.9 Å². The third-order valence-electron chi connectivity index (χ3n) is 5.63. The van der Waals surface area contributed by atoms with E-state index in [1.807, 2.05) is 0 Å². The van der Waals surface area contributed by atoms with Crippen molar-refractivity contribution in [3.63, 3.8) is 0 Å². The van der Waals surface area contributed by atoms with Crippen molar-refractivity contribution in [2.45, 2.75) is 6.42 Å². The molecule has 0 heterocycles. The number of fused-ring (bicyclic) bond motifs is 8. The summed E-state index contributed by atoms with van der Waals surface area (Å²) in [5.74, 6) is 0. The molecular formula is C25H16. The summed E-state index contributed by atoms with van der Waals surface area (Å²) in [7, 11) is 0. The van der Waals surface area contributed by atoms with Gasteiger partial charge in [-0.25, -0.2) is 0 Å². The zero-order chi connectivity index (χ0) is 16.4. The highest BCUT2D eigenvalue weighted by atomic mass is 14.2. The molecule has 0 unspecified atom stereocenters. The minimum atomic E-state index is 1.04. The van der Waals surface area contributed by atoms with Gasteiger partial charge in [0.15, 0.2) is 0 Å². The van der Waals surface area contributed by atoms with Crippen molar-refractivity contribution in [2.75, 3.05) is 0 Å². The lowest BCUT2D eigenvalue weighted by atomic mass is 9.94. The molecular weight excluding hydrogens is 300 g/mol. The van der Waals surface area contributed by atoms with Gasteiger partial charge in [0.25, 0.3) is 0 Å². The normalized spacial score (nSPS) is 12.6. The fourth-order valence-corrected chi connectivity index (χ4v) is 4.47. The summed E-state index contributed by atoms with van der Waals surface area (Å²) in [6.07, 6.45) is 1.04. The average Bonchev–Trinajstić information content (AvgIpc) is 3.04. The maximum atomic E-state index is 2.42. The molecule has 0 spiro atoms. The highest BCUT2D eigenvalue weighted by molar-refractivity contribution is 6.11. The fraction of sp³-hybridized carbons (Fsp3) is 0.0400. The second-order valence-electron chi connectivity index (χ2n) is 7.01. The first kappa shape index (κ1) is 13.2. The molecule has 0 saturated heterocycles. The monoisotopic (exact) mass is 316 g/mol. The summed E-state index contributed by atoms with van der Waals surface area (Å²) in [5, 5.41) is 8.07. The first-order chi connectivity index (χ1) is 12.4. The van der Waals surface area contributed by atoms with Crippen molar-refractivity contribution in [2.24, 2.45) is 0 Å². The standard InChI is InChI=1S/C25H16/c1-3-7-21-16(5-1)9-11-18-14-24-20(15-23(18)21)13-19-12-10-17-6-2-4-8-22(17)25(19)24/h1-12,14-15H,13H2. The minimum absolute atomic E-state index is 1.04. The van der Waals surface area contributed by atoms with Gasteiger partial charge in [0.1, 0.15) is 0 Å². The van der Waals surface area contributed by atoms with Gasteiger partial charge in [0.2, 0.25) is 0 Å². The molecule has 0 atom stereocenters. The van der Waals surface area contributed by atoms with E-state index in [1.54, 1.807) is 0 Å². The van der Waals surface area contributed by atoms with Gasteiger partial charge in [-0.2, -0.15) is 0 Å². The summed E-state index contributed by atoms with van der Waals surface area (Å²) in [5.41, 5.74) is 5.75. The Hall–Kier alpha value is -3.12. The largest absolute Gasteiger partial charge is 0.0616 e. The Kier molecular flexibility index (Phi) is 2.48. The number of benzene rings is 5. The topological polar surface area (TPSA) is 0 Å². The van der Waals surface area contributed by atoms with Gasteiger partial charge >= 0.3 is 0 Å². The van der Waals surface area contributed by atoms with E-state index in [0.717, 1.165) is 6.42 Å². The van der Waals surface area contributed by atoms with Crippen LogP contribution in [-0.4, -0.2) is 0 Å². The van der Waals surface area contributed by atoms with Crippen molar-refractivity contribution in [1.29, 1.82) is 0 Å². The molecule has 0 nitrogen and oxygen atoms in total. The number of hydrogen-bond donors (Lipinski definition) is 0. The quantitative estimate of drug-likeness (QED) is 0.273. The van der Waals surface area contributed by atoms with Crippen LogP contribution in [0.4, 0.5) is 0 Å². The highest BCUT2D eigenvalue weighted by Crippen LogP contribution is 2.43. The van der Waals surface area contributed by atoms with Gasteiger partial charge in [0, 0.05) is 0 Å². The van der Waals surface area contributed by atoms with E-state index in [4.69, 9.17) is 0 Å². The van der Waals surface area contributed by atoms with E-state index in [1.165, 1.54) is 54.6 Å². The number of rotatable bonds is 0. The lowest BCUT2D eigenvalue weighted by Gasteiger charge is -2.09.